The first-order valence-electron chi connectivity index (χ1n) is 12.0. The highest BCUT2D eigenvalue weighted by atomic mass is 32.2. The molecule has 2 atom stereocenters. The van der Waals surface area contributed by atoms with Gasteiger partial charge in [0, 0.05) is 18.3 Å². The largest absolute Gasteiger partial charge is 0.497 e. The van der Waals surface area contributed by atoms with Crippen molar-refractivity contribution in [1.82, 2.24) is 15.0 Å². The summed E-state index contributed by atoms with van der Waals surface area (Å²) in [5.41, 5.74) is 4.34. The minimum absolute atomic E-state index is 0.0565. The van der Waals surface area contributed by atoms with Crippen LogP contribution < -0.4 is 9.47 Å². The highest BCUT2D eigenvalue weighted by Gasteiger charge is 2.43. The lowest BCUT2D eigenvalue weighted by molar-refractivity contribution is -0.130. The molecule has 0 N–H and O–H groups in total. The van der Waals surface area contributed by atoms with Crippen molar-refractivity contribution in [2.24, 2.45) is 11.0 Å². The van der Waals surface area contributed by atoms with Crippen LogP contribution >= 0.6 is 11.8 Å². The van der Waals surface area contributed by atoms with Gasteiger partial charge >= 0.3 is 0 Å². The maximum Gasteiger partial charge on any atom is 0.253 e. The number of hydrogen-bond donors (Lipinski definition) is 0. The van der Waals surface area contributed by atoms with Crippen LogP contribution in [0.5, 0.6) is 11.5 Å². The first-order chi connectivity index (χ1) is 17.7. The molecular weight excluding hydrogens is 472 g/mol. The summed E-state index contributed by atoms with van der Waals surface area (Å²) in [7, 11) is 3.32. The van der Waals surface area contributed by atoms with Gasteiger partial charge in [-0.3, -0.25) is 4.79 Å². The van der Waals surface area contributed by atoms with Crippen molar-refractivity contribution in [3.8, 4) is 11.5 Å². The van der Waals surface area contributed by atoms with E-state index in [4.69, 9.17) is 14.6 Å². The minimum Gasteiger partial charge on any atom is -0.497 e. The third kappa shape index (κ3) is 5.14. The molecule has 0 saturated heterocycles. The number of nitrogens with zero attached hydrogens (tertiary/aromatic N) is 4. The van der Waals surface area contributed by atoms with Crippen LogP contribution in [0.2, 0.25) is 0 Å². The van der Waals surface area contributed by atoms with Gasteiger partial charge in [0.2, 0.25) is 0 Å². The van der Waals surface area contributed by atoms with Crippen LogP contribution in [0.3, 0.4) is 0 Å². The second-order valence-electron chi connectivity index (χ2n) is 8.70. The van der Waals surface area contributed by atoms with Crippen molar-refractivity contribution in [3.63, 3.8) is 0 Å². The first kappa shape index (κ1) is 24.1. The summed E-state index contributed by atoms with van der Waals surface area (Å²) in [6.45, 7) is 0. The van der Waals surface area contributed by atoms with E-state index >= 15 is 0 Å². The summed E-state index contributed by atoms with van der Waals surface area (Å²) in [4.78, 5) is 21.9. The standard InChI is InChI=1S/C28H28N4O3S/c1-34-22-11-7-19(8-12-22)17-21-5-3-6-24-26(21)31-32(25(33)18-36-28-29-15-4-16-30-28)27(24)20-9-13-23(35-2)14-10-20/h4,7-17,24,27H,3,5-6,18H2,1-2H3/b21-17-/t24-,27+/m1/s1. The van der Waals surface area contributed by atoms with E-state index in [1.54, 1.807) is 37.7 Å². The summed E-state index contributed by atoms with van der Waals surface area (Å²) >= 11 is 1.33. The van der Waals surface area contributed by atoms with Crippen LogP contribution in [0.4, 0.5) is 0 Å². The van der Waals surface area contributed by atoms with E-state index in [0.29, 0.717) is 5.16 Å². The van der Waals surface area contributed by atoms with Gasteiger partial charge in [-0.1, -0.05) is 36.0 Å². The van der Waals surface area contributed by atoms with Crippen molar-refractivity contribution in [1.29, 1.82) is 0 Å². The quantitative estimate of drug-likeness (QED) is 0.319. The molecule has 2 heterocycles. The van der Waals surface area contributed by atoms with Gasteiger partial charge < -0.3 is 9.47 Å². The molecule has 0 spiro atoms. The lowest BCUT2D eigenvalue weighted by atomic mass is 9.77. The van der Waals surface area contributed by atoms with E-state index < -0.39 is 0 Å². The second-order valence-corrected chi connectivity index (χ2v) is 9.65. The Morgan fingerprint density at radius 2 is 1.69 bits per heavy atom. The number of hydrazone groups is 1. The van der Waals surface area contributed by atoms with E-state index in [1.807, 2.05) is 48.5 Å². The van der Waals surface area contributed by atoms with E-state index in [1.165, 1.54) is 17.3 Å². The predicted octanol–water partition coefficient (Wildman–Crippen LogP) is 5.41. The zero-order valence-electron chi connectivity index (χ0n) is 20.3. The van der Waals surface area contributed by atoms with Crippen LogP contribution in [0.15, 0.2) is 82.8 Å². The molecule has 5 rings (SSSR count). The molecule has 1 saturated carbocycles. The van der Waals surface area contributed by atoms with Crippen molar-refractivity contribution in [3.05, 3.63) is 83.7 Å². The SMILES string of the molecule is COc1ccc(/C=C2/CCC[C@@H]3C2=NN(C(=O)CSc2ncccn2)[C@H]3c2ccc(OC)cc2)cc1. The number of methoxy groups -OCH3 is 2. The zero-order chi connectivity index (χ0) is 24.9. The Morgan fingerprint density at radius 3 is 2.36 bits per heavy atom. The molecule has 1 fully saturated rings. The number of fused-ring (bicyclic) bond motifs is 1. The molecule has 8 heteroatoms. The highest BCUT2D eigenvalue weighted by molar-refractivity contribution is 7.99. The number of carbonyl (C=O) groups is 1. The molecule has 0 radical (unpaired) electrons. The Balaban J connectivity index is 1.46. The number of benzene rings is 2. The van der Waals surface area contributed by atoms with Gasteiger partial charge in [0.05, 0.1) is 31.7 Å². The third-order valence-corrected chi connectivity index (χ3v) is 7.40. The molecule has 0 bridgehead atoms. The molecule has 1 amide bonds. The maximum atomic E-state index is 13.5. The Kier molecular flexibility index (Phi) is 7.32. The Labute approximate surface area is 215 Å². The summed E-state index contributed by atoms with van der Waals surface area (Å²) in [6.07, 6.45) is 8.52. The number of aromatic nitrogens is 2. The minimum atomic E-state index is -0.157. The van der Waals surface area contributed by atoms with E-state index in [9.17, 15) is 4.79 Å². The van der Waals surface area contributed by atoms with Gasteiger partial charge in [-0.2, -0.15) is 5.10 Å². The normalized spacial score (nSPS) is 20.1. The van der Waals surface area contributed by atoms with Crippen LogP contribution in [0.25, 0.3) is 6.08 Å². The average Bonchev–Trinajstić information content (AvgIpc) is 3.33. The molecule has 0 unspecified atom stereocenters. The van der Waals surface area contributed by atoms with Gasteiger partial charge in [0.1, 0.15) is 11.5 Å². The molecule has 184 valence electrons. The first-order valence-corrected chi connectivity index (χ1v) is 12.9. The lowest BCUT2D eigenvalue weighted by Gasteiger charge is -2.29. The molecule has 1 aliphatic heterocycles. The Morgan fingerprint density at radius 1 is 1.03 bits per heavy atom. The fourth-order valence-electron chi connectivity index (χ4n) is 4.80. The second kappa shape index (κ2) is 11.0. The predicted molar refractivity (Wildman–Crippen MR) is 141 cm³/mol. The molecule has 2 aromatic carbocycles. The van der Waals surface area contributed by atoms with Crippen molar-refractivity contribution >= 4 is 29.5 Å². The summed E-state index contributed by atoms with van der Waals surface area (Å²) < 4.78 is 10.7. The smallest absolute Gasteiger partial charge is 0.253 e. The van der Waals surface area contributed by atoms with Crippen LogP contribution in [-0.2, 0) is 4.79 Å². The lowest BCUT2D eigenvalue weighted by Crippen LogP contribution is -2.32. The molecule has 7 nitrogen and oxygen atoms in total. The van der Waals surface area contributed by atoms with Gasteiger partial charge in [-0.15, -0.1) is 0 Å². The van der Waals surface area contributed by atoms with E-state index in [0.717, 1.165) is 47.6 Å². The monoisotopic (exact) mass is 500 g/mol. The Bertz CT molecular complexity index is 1260. The summed E-state index contributed by atoms with van der Waals surface area (Å²) in [5.74, 6) is 1.92. The van der Waals surface area contributed by atoms with E-state index in [2.05, 4.69) is 16.0 Å². The number of thioether (sulfide) groups is 1. The van der Waals surface area contributed by atoms with E-state index in [-0.39, 0.29) is 23.6 Å². The van der Waals surface area contributed by atoms with Crippen LogP contribution in [0.1, 0.15) is 36.4 Å². The molecule has 2 aliphatic rings. The highest BCUT2D eigenvalue weighted by Crippen LogP contribution is 2.45. The zero-order valence-corrected chi connectivity index (χ0v) is 21.1. The maximum absolute atomic E-state index is 13.5. The Hall–Kier alpha value is -3.65. The number of allylic oxidation sites excluding steroid dienone is 1. The molecule has 1 aromatic heterocycles. The van der Waals surface area contributed by atoms with Gasteiger partial charge in [-0.05, 0) is 72.4 Å². The van der Waals surface area contributed by atoms with Crippen molar-refractivity contribution < 1.29 is 14.3 Å². The molecular formula is C28H28N4O3S. The summed E-state index contributed by atoms with van der Waals surface area (Å²) in [6, 6.07) is 17.6. The number of amides is 1. The number of ether oxygens (including phenoxy) is 2. The van der Waals surface area contributed by atoms with Crippen molar-refractivity contribution in [2.45, 2.75) is 30.5 Å². The van der Waals surface area contributed by atoms with Gasteiger partial charge in [0.15, 0.2) is 5.16 Å². The van der Waals surface area contributed by atoms with Crippen LogP contribution in [0, 0.1) is 5.92 Å². The fraction of sp³-hybridized carbons (Fsp3) is 0.286. The number of hydrogen-bond acceptors (Lipinski definition) is 7. The van der Waals surface area contributed by atoms with Gasteiger partial charge in [-0.25, -0.2) is 15.0 Å². The molecule has 3 aromatic rings. The number of carbonyl (C=O) groups excluding carboxylic acids is 1. The third-order valence-electron chi connectivity index (χ3n) is 6.54. The average molecular weight is 501 g/mol. The van der Waals surface area contributed by atoms with Crippen molar-refractivity contribution in [2.75, 3.05) is 20.0 Å². The molecule has 36 heavy (non-hydrogen) atoms. The number of rotatable bonds is 7. The topological polar surface area (TPSA) is 76.9 Å². The fourth-order valence-corrected chi connectivity index (χ4v) is 5.45. The molecule has 1 aliphatic carbocycles. The van der Waals surface area contributed by atoms with Gasteiger partial charge in [0.25, 0.3) is 5.91 Å². The van der Waals surface area contributed by atoms with Crippen LogP contribution in [-0.4, -0.2) is 46.6 Å². The summed E-state index contributed by atoms with van der Waals surface area (Å²) in [5, 5.41) is 7.22.